The van der Waals surface area contributed by atoms with Gasteiger partial charge in [0.05, 0.1) is 19.1 Å². The lowest BCUT2D eigenvalue weighted by molar-refractivity contribution is -0.140. The van der Waals surface area contributed by atoms with Crippen LogP contribution < -0.4 is 14.4 Å². The van der Waals surface area contributed by atoms with Gasteiger partial charge in [0.25, 0.3) is 0 Å². The quantitative estimate of drug-likeness (QED) is 0.267. The molecule has 1 atom stereocenters. The molecule has 41 heavy (non-hydrogen) atoms. The number of hydrogen-bond acceptors (Lipinski definition) is 5. The number of nitrogens with one attached hydrogen (secondary N) is 1. The lowest BCUT2D eigenvalue weighted by atomic mass is 10.0. The number of hydrogen-bond donors (Lipinski definition) is 1. The summed E-state index contributed by atoms with van der Waals surface area (Å²) in [6, 6.07) is 18.5. The van der Waals surface area contributed by atoms with Crippen molar-refractivity contribution in [2.75, 3.05) is 30.8 Å². The average Bonchev–Trinajstić information content (AvgIpc) is 2.94. The third-order valence-electron chi connectivity index (χ3n) is 6.49. The SMILES string of the molecule is CCCCNC(=O)C(Cc1ccccc1)N(Cc1ccccc1F)C(=O)CN(c1cc(Cl)ccc1OC)S(C)(=O)=O. The zero-order chi connectivity index (χ0) is 30.0. The fraction of sp³-hybridized carbons (Fsp3) is 0.333. The first kappa shape index (κ1) is 31.9. The number of unbranched alkanes of at least 4 members (excludes halogenated alkanes) is 1. The molecule has 0 aliphatic heterocycles. The lowest BCUT2D eigenvalue weighted by Gasteiger charge is -2.33. The van der Waals surface area contributed by atoms with Crippen LogP contribution in [0.15, 0.2) is 72.8 Å². The molecule has 0 aliphatic carbocycles. The van der Waals surface area contributed by atoms with Crippen LogP contribution in [0, 0.1) is 5.82 Å². The number of nitrogens with zero attached hydrogens (tertiary/aromatic N) is 2. The fourth-order valence-electron chi connectivity index (χ4n) is 4.32. The second kappa shape index (κ2) is 14.8. The fourth-order valence-corrected chi connectivity index (χ4v) is 5.33. The number of sulfonamides is 1. The molecule has 0 heterocycles. The van der Waals surface area contributed by atoms with Crippen molar-refractivity contribution in [2.45, 2.75) is 38.8 Å². The predicted octanol–water partition coefficient (Wildman–Crippen LogP) is 4.81. The van der Waals surface area contributed by atoms with Crippen molar-refractivity contribution in [3.8, 4) is 5.75 Å². The minimum atomic E-state index is -4.03. The molecule has 1 N–H and O–H groups in total. The zero-order valence-corrected chi connectivity index (χ0v) is 24.9. The van der Waals surface area contributed by atoms with E-state index in [2.05, 4.69) is 5.32 Å². The van der Waals surface area contributed by atoms with Crippen LogP contribution in [0.3, 0.4) is 0 Å². The van der Waals surface area contributed by atoms with Gasteiger partial charge in [-0.15, -0.1) is 0 Å². The van der Waals surface area contributed by atoms with E-state index in [0.29, 0.717) is 6.54 Å². The first-order valence-corrected chi connectivity index (χ1v) is 15.4. The summed E-state index contributed by atoms with van der Waals surface area (Å²) in [5.41, 5.74) is 1.03. The molecular formula is C30H35ClFN3O5S. The Hall–Kier alpha value is -3.63. The van der Waals surface area contributed by atoms with Gasteiger partial charge in [0.2, 0.25) is 21.8 Å². The summed E-state index contributed by atoms with van der Waals surface area (Å²) in [5, 5.41) is 3.12. The Balaban J connectivity index is 2.09. The van der Waals surface area contributed by atoms with Crippen molar-refractivity contribution in [3.05, 3.63) is 94.8 Å². The maximum Gasteiger partial charge on any atom is 0.244 e. The van der Waals surface area contributed by atoms with Gasteiger partial charge in [0.1, 0.15) is 24.2 Å². The molecule has 1 unspecified atom stereocenters. The molecule has 3 rings (SSSR count). The van der Waals surface area contributed by atoms with Gasteiger partial charge in [0, 0.05) is 30.1 Å². The van der Waals surface area contributed by atoms with Crippen LogP contribution in [0.1, 0.15) is 30.9 Å². The Bertz CT molecular complexity index is 1440. The van der Waals surface area contributed by atoms with Crippen LogP contribution in [0.25, 0.3) is 0 Å². The van der Waals surface area contributed by atoms with Crippen LogP contribution in [-0.4, -0.2) is 57.6 Å². The molecular weight excluding hydrogens is 569 g/mol. The largest absolute Gasteiger partial charge is 0.495 e. The van der Waals surface area contributed by atoms with Crippen molar-refractivity contribution >= 4 is 39.1 Å². The van der Waals surface area contributed by atoms with E-state index >= 15 is 0 Å². The second-order valence-corrected chi connectivity index (χ2v) is 11.9. The maximum absolute atomic E-state index is 14.8. The Morgan fingerprint density at radius 1 is 1.05 bits per heavy atom. The molecule has 0 fully saturated rings. The van der Waals surface area contributed by atoms with Crippen LogP contribution >= 0.6 is 11.6 Å². The number of anilines is 1. The Kier molecular flexibility index (Phi) is 11.5. The molecule has 2 amide bonds. The summed E-state index contributed by atoms with van der Waals surface area (Å²) in [7, 11) is -2.66. The smallest absolute Gasteiger partial charge is 0.244 e. The molecule has 0 bridgehead atoms. The highest BCUT2D eigenvalue weighted by Gasteiger charge is 2.34. The van der Waals surface area contributed by atoms with E-state index in [0.717, 1.165) is 29.0 Å². The van der Waals surface area contributed by atoms with E-state index in [1.165, 1.54) is 48.4 Å². The Morgan fingerprint density at radius 3 is 2.37 bits per heavy atom. The van der Waals surface area contributed by atoms with Gasteiger partial charge in [-0.1, -0.05) is 73.5 Å². The zero-order valence-electron chi connectivity index (χ0n) is 23.3. The summed E-state index contributed by atoms with van der Waals surface area (Å²) < 4.78 is 47.0. The normalized spacial score (nSPS) is 11.9. The summed E-state index contributed by atoms with van der Waals surface area (Å²) in [4.78, 5) is 28.9. The van der Waals surface area contributed by atoms with Crippen LogP contribution in [0.2, 0.25) is 5.02 Å². The maximum atomic E-state index is 14.8. The van der Waals surface area contributed by atoms with Crippen LogP contribution in [-0.2, 0) is 32.6 Å². The molecule has 0 saturated carbocycles. The van der Waals surface area contributed by atoms with Crippen LogP contribution in [0.5, 0.6) is 5.75 Å². The second-order valence-electron chi connectivity index (χ2n) is 9.55. The molecule has 0 radical (unpaired) electrons. The predicted molar refractivity (Wildman–Crippen MR) is 159 cm³/mol. The molecule has 3 aromatic carbocycles. The summed E-state index contributed by atoms with van der Waals surface area (Å²) >= 11 is 6.17. The molecule has 0 spiro atoms. The standard InChI is InChI=1S/C30H35ClFN3O5S/c1-4-5-17-33-30(37)27(18-22-11-7-6-8-12-22)34(20-23-13-9-10-14-25(23)32)29(36)21-35(41(3,38)39)26-19-24(31)15-16-28(26)40-2/h6-16,19,27H,4-5,17-18,20-21H2,1-3H3,(H,33,37). The van der Waals surface area contributed by atoms with Crippen LogP contribution in [0.4, 0.5) is 10.1 Å². The van der Waals surface area contributed by atoms with E-state index in [1.54, 1.807) is 6.07 Å². The van der Waals surface area contributed by atoms with Crippen molar-refractivity contribution < 1.29 is 27.1 Å². The average molecular weight is 604 g/mol. The minimum Gasteiger partial charge on any atom is -0.495 e. The van der Waals surface area contributed by atoms with Gasteiger partial charge >= 0.3 is 0 Å². The molecule has 3 aromatic rings. The Labute approximate surface area is 246 Å². The lowest BCUT2D eigenvalue weighted by Crippen LogP contribution is -2.53. The molecule has 0 saturated heterocycles. The van der Waals surface area contributed by atoms with Gasteiger partial charge in [-0.05, 0) is 36.2 Å². The molecule has 8 nitrogen and oxygen atoms in total. The highest BCUT2D eigenvalue weighted by Crippen LogP contribution is 2.33. The molecule has 0 aromatic heterocycles. The number of rotatable bonds is 14. The van der Waals surface area contributed by atoms with Gasteiger partial charge in [-0.2, -0.15) is 0 Å². The highest BCUT2D eigenvalue weighted by atomic mass is 35.5. The number of carbonyl (C=O) groups is 2. The van der Waals surface area contributed by atoms with E-state index in [-0.39, 0.29) is 35.0 Å². The Morgan fingerprint density at radius 2 is 1.73 bits per heavy atom. The van der Waals surface area contributed by atoms with E-state index in [9.17, 15) is 22.4 Å². The molecule has 220 valence electrons. The van der Waals surface area contributed by atoms with Gasteiger partial charge < -0.3 is 15.0 Å². The molecule has 0 aliphatic rings. The monoisotopic (exact) mass is 603 g/mol. The molecule has 11 heteroatoms. The first-order chi connectivity index (χ1) is 19.5. The van der Waals surface area contributed by atoms with Gasteiger partial charge in [0.15, 0.2) is 0 Å². The number of ether oxygens (including phenoxy) is 1. The van der Waals surface area contributed by atoms with Crippen molar-refractivity contribution in [1.29, 1.82) is 0 Å². The van der Waals surface area contributed by atoms with Crippen molar-refractivity contribution in [1.82, 2.24) is 10.2 Å². The minimum absolute atomic E-state index is 0.0636. The van der Waals surface area contributed by atoms with Gasteiger partial charge in [-0.25, -0.2) is 12.8 Å². The van der Waals surface area contributed by atoms with E-state index in [4.69, 9.17) is 16.3 Å². The topological polar surface area (TPSA) is 96.0 Å². The summed E-state index contributed by atoms with van der Waals surface area (Å²) in [5.74, 6) is -1.48. The van der Waals surface area contributed by atoms with Crippen molar-refractivity contribution in [2.24, 2.45) is 0 Å². The number of carbonyl (C=O) groups excluding carboxylic acids is 2. The summed E-state index contributed by atoms with van der Waals surface area (Å²) in [6.07, 6.45) is 2.69. The number of halogens is 2. The third kappa shape index (κ3) is 8.93. The summed E-state index contributed by atoms with van der Waals surface area (Å²) in [6.45, 7) is 1.47. The number of amides is 2. The number of methoxy groups -OCH3 is 1. The first-order valence-electron chi connectivity index (χ1n) is 13.2. The third-order valence-corrected chi connectivity index (χ3v) is 7.85. The van der Waals surface area contributed by atoms with E-state index < -0.39 is 40.2 Å². The van der Waals surface area contributed by atoms with E-state index in [1.807, 2.05) is 37.3 Å². The van der Waals surface area contributed by atoms with Crippen molar-refractivity contribution in [3.63, 3.8) is 0 Å². The number of benzene rings is 3. The highest BCUT2D eigenvalue weighted by molar-refractivity contribution is 7.92. The van der Waals surface area contributed by atoms with Gasteiger partial charge in [-0.3, -0.25) is 13.9 Å².